The molecule has 0 aliphatic carbocycles. The Morgan fingerprint density at radius 1 is 0.952 bits per heavy atom. The molecule has 1 N–H and O–H groups in total. The highest BCUT2D eigenvalue weighted by Gasteiger charge is 2.11. The number of hydrogen-bond acceptors (Lipinski definition) is 1. The quantitative estimate of drug-likeness (QED) is 0.770. The van der Waals surface area contributed by atoms with Crippen molar-refractivity contribution in [3.63, 3.8) is 0 Å². The SMILES string of the molecule is CCCc1ccc(C(C)N[C@H](C)c2cccc(F)c2)cc1. The van der Waals surface area contributed by atoms with Gasteiger partial charge in [-0.3, -0.25) is 0 Å². The first kappa shape index (κ1) is 15.7. The van der Waals surface area contributed by atoms with Gasteiger partial charge in [0.25, 0.3) is 0 Å². The van der Waals surface area contributed by atoms with Gasteiger partial charge in [0.05, 0.1) is 0 Å². The van der Waals surface area contributed by atoms with Crippen LogP contribution in [-0.2, 0) is 6.42 Å². The van der Waals surface area contributed by atoms with E-state index >= 15 is 0 Å². The van der Waals surface area contributed by atoms with Crippen LogP contribution < -0.4 is 5.32 Å². The molecule has 0 saturated carbocycles. The van der Waals surface area contributed by atoms with Gasteiger partial charge in [0, 0.05) is 12.1 Å². The summed E-state index contributed by atoms with van der Waals surface area (Å²) in [6.45, 7) is 6.40. The fourth-order valence-corrected chi connectivity index (χ4v) is 2.61. The van der Waals surface area contributed by atoms with E-state index in [1.807, 2.05) is 6.07 Å². The summed E-state index contributed by atoms with van der Waals surface area (Å²) in [6, 6.07) is 15.9. The van der Waals surface area contributed by atoms with Crippen LogP contribution in [0.3, 0.4) is 0 Å². The monoisotopic (exact) mass is 285 g/mol. The Hall–Kier alpha value is -1.67. The zero-order valence-corrected chi connectivity index (χ0v) is 13.1. The Morgan fingerprint density at radius 2 is 1.62 bits per heavy atom. The minimum absolute atomic E-state index is 0.117. The number of aryl methyl sites for hydroxylation is 1. The number of halogens is 1. The smallest absolute Gasteiger partial charge is 0.123 e. The molecule has 0 amide bonds. The van der Waals surface area contributed by atoms with Crippen LogP contribution in [-0.4, -0.2) is 0 Å². The second-order valence-electron chi connectivity index (χ2n) is 5.66. The minimum atomic E-state index is -0.183. The van der Waals surface area contributed by atoms with E-state index in [-0.39, 0.29) is 17.9 Å². The number of hydrogen-bond donors (Lipinski definition) is 1. The summed E-state index contributed by atoms with van der Waals surface area (Å²) in [5, 5.41) is 3.52. The van der Waals surface area contributed by atoms with Gasteiger partial charge in [0.2, 0.25) is 0 Å². The van der Waals surface area contributed by atoms with Crippen molar-refractivity contribution in [2.45, 2.75) is 45.7 Å². The first-order chi connectivity index (χ1) is 10.1. The molecule has 0 bridgehead atoms. The van der Waals surface area contributed by atoms with Crippen LogP contribution in [0.5, 0.6) is 0 Å². The third kappa shape index (κ3) is 4.40. The highest BCUT2D eigenvalue weighted by molar-refractivity contribution is 5.26. The summed E-state index contributed by atoms with van der Waals surface area (Å²) in [6.07, 6.45) is 2.30. The van der Waals surface area contributed by atoms with Crippen LogP contribution in [0.2, 0.25) is 0 Å². The van der Waals surface area contributed by atoms with Gasteiger partial charge in [0.1, 0.15) is 5.82 Å². The molecule has 0 fully saturated rings. The molecule has 0 aliphatic rings. The third-order valence-corrected chi connectivity index (χ3v) is 3.87. The highest BCUT2D eigenvalue weighted by Crippen LogP contribution is 2.20. The molecule has 21 heavy (non-hydrogen) atoms. The third-order valence-electron chi connectivity index (χ3n) is 3.87. The molecule has 2 aromatic rings. The van der Waals surface area contributed by atoms with E-state index < -0.39 is 0 Å². The molecule has 1 unspecified atom stereocenters. The average molecular weight is 285 g/mol. The van der Waals surface area contributed by atoms with Crippen molar-refractivity contribution >= 4 is 0 Å². The topological polar surface area (TPSA) is 12.0 Å². The molecule has 0 saturated heterocycles. The summed E-state index contributed by atoms with van der Waals surface area (Å²) in [5.74, 6) is -0.183. The van der Waals surface area contributed by atoms with Crippen molar-refractivity contribution in [1.29, 1.82) is 0 Å². The lowest BCUT2D eigenvalue weighted by molar-refractivity contribution is 0.492. The van der Waals surface area contributed by atoms with Crippen molar-refractivity contribution in [3.05, 3.63) is 71.0 Å². The van der Waals surface area contributed by atoms with Crippen molar-refractivity contribution in [1.82, 2.24) is 5.32 Å². The lowest BCUT2D eigenvalue weighted by Crippen LogP contribution is -2.22. The van der Waals surface area contributed by atoms with E-state index in [4.69, 9.17) is 0 Å². The van der Waals surface area contributed by atoms with Crippen LogP contribution in [0.4, 0.5) is 4.39 Å². The lowest BCUT2D eigenvalue weighted by Gasteiger charge is -2.21. The zero-order valence-electron chi connectivity index (χ0n) is 13.1. The normalized spacial score (nSPS) is 13.9. The molecule has 0 radical (unpaired) electrons. The van der Waals surface area contributed by atoms with Gasteiger partial charge in [-0.2, -0.15) is 0 Å². The average Bonchev–Trinajstić information content (AvgIpc) is 2.48. The first-order valence-electron chi connectivity index (χ1n) is 7.70. The molecule has 2 rings (SSSR count). The van der Waals surface area contributed by atoms with Crippen LogP contribution >= 0.6 is 0 Å². The molecule has 0 heterocycles. The first-order valence-corrected chi connectivity index (χ1v) is 7.70. The van der Waals surface area contributed by atoms with E-state index in [0.29, 0.717) is 0 Å². The molecular weight excluding hydrogens is 261 g/mol. The van der Waals surface area contributed by atoms with Crippen LogP contribution in [0, 0.1) is 5.82 Å². The van der Waals surface area contributed by atoms with Crippen LogP contribution in [0.1, 0.15) is 56.0 Å². The lowest BCUT2D eigenvalue weighted by atomic mass is 10.0. The van der Waals surface area contributed by atoms with E-state index in [2.05, 4.69) is 50.4 Å². The van der Waals surface area contributed by atoms with E-state index in [1.165, 1.54) is 23.6 Å². The van der Waals surface area contributed by atoms with Gasteiger partial charge in [-0.05, 0) is 49.1 Å². The standard InChI is InChI=1S/C19H24FN/c1-4-6-16-9-11-17(12-10-16)14(2)21-15(3)18-7-5-8-19(20)13-18/h5,7-15,21H,4,6H2,1-3H3/t14?,15-/m1/s1. The fourth-order valence-electron chi connectivity index (χ4n) is 2.61. The maximum absolute atomic E-state index is 13.3. The Labute approximate surface area is 127 Å². The van der Waals surface area contributed by atoms with Gasteiger partial charge >= 0.3 is 0 Å². The molecule has 112 valence electrons. The Bertz CT molecular complexity index is 562. The van der Waals surface area contributed by atoms with Gasteiger partial charge in [-0.25, -0.2) is 4.39 Å². The predicted molar refractivity (Wildman–Crippen MR) is 86.8 cm³/mol. The van der Waals surface area contributed by atoms with Gasteiger partial charge in [0.15, 0.2) is 0 Å². The van der Waals surface area contributed by atoms with Gasteiger partial charge < -0.3 is 5.32 Å². The van der Waals surface area contributed by atoms with Crippen molar-refractivity contribution in [2.24, 2.45) is 0 Å². The van der Waals surface area contributed by atoms with Gasteiger partial charge in [-0.1, -0.05) is 49.7 Å². The molecule has 2 atom stereocenters. The zero-order chi connectivity index (χ0) is 15.2. The minimum Gasteiger partial charge on any atom is -0.304 e. The van der Waals surface area contributed by atoms with Crippen LogP contribution in [0.15, 0.2) is 48.5 Å². The number of nitrogens with one attached hydrogen (secondary N) is 1. The Morgan fingerprint density at radius 3 is 2.24 bits per heavy atom. The Kier molecular flexibility index (Phi) is 5.51. The molecule has 1 nitrogen and oxygen atoms in total. The van der Waals surface area contributed by atoms with Crippen molar-refractivity contribution in [2.75, 3.05) is 0 Å². The molecular formula is C19H24FN. The summed E-state index contributed by atoms with van der Waals surface area (Å²) in [4.78, 5) is 0. The Balaban J connectivity index is 2.01. The summed E-state index contributed by atoms with van der Waals surface area (Å²) in [7, 11) is 0. The predicted octanol–water partition coefficient (Wildman–Crippen LogP) is 5.19. The summed E-state index contributed by atoms with van der Waals surface area (Å²) >= 11 is 0. The molecule has 0 aromatic heterocycles. The second-order valence-corrected chi connectivity index (χ2v) is 5.66. The summed E-state index contributed by atoms with van der Waals surface area (Å²) < 4.78 is 13.3. The molecule has 2 aromatic carbocycles. The second kappa shape index (κ2) is 7.37. The number of benzene rings is 2. The molecule has 0 spiro atoms. The van der Waals surface area contributed by atoms with Crippen molar-refractivity contribution in [3.8, 4) is 0 Å². The van der Waals surface area contributed by atoms with Crippen molar-refractivity contribution < 1.29 is 4.39 Å². The fraction of sp³-hybridized carbons (Fsp3) is 0.368. The maximum Gasteiger partial charge on any atom is 0.123 e. The van der Waals surface area contributed by atoms with E-state index in [1.54, 1.807) is 12.1 Å². The van der Waals surface area contributed by atoms with Gasteiger partial charge in [-0.15, -0.1) is 0 Å². The largest absolute Gasteiger partial charge is 0.304 e. The summed E-state index contributed by atoms with van der Waals surface area (Å²) in [5.41, 5.74) is 3.62. The number of rotatable bonds is 6. The van der Waals surface area contributed by atoms with E-state index in [0.717, 1.165) is 12.0 Å². The highest BCUT2D eigenvalue weighted by atomic mass is 19.1. The maximum atomic E-state index is 13.3. The van der Waals surface area contributed by atoms with E-state index in [9.17, 15) is 4.39 Å². The molecule has 0 aliphatic heterocycles. The molecule has 2 heteroatoms. The van der Waals surface area contributed by atoms with Crippen LogP contribution in [0.25, 0.3) is 0 Å².